The van der Waals surface area contributed by atoms with Crippen molar-refractivity contribution in [3.05, 3.63) is 39.4 Å². The van der Waals surface area contributed by atoms with Gasteiger partial charge in [0.1, 0.15) is 11.4 Å². The summed E-state index contributed by atoms with van der Waals surface area (Å²) in [4.78, 5) is 20.5. The van der Waals surface area contributed by atoms with Crippen LogP contribution in [0.5, 0.6) is 0 Å². The van der Waals surface area contributed by atoms with Crippen LogP contribution in [-0.2, 0) is 0 Å². The fourth-order valence-corrected chi connectivity index (χ4v) is 1.33. The number of nitro groups is 1. The van der Waals surface area contributed by atoms with Crippen molar-refractivity contribution in [1.29, 1.82) is 0 Å². The SMILES string of the molecule is O=C(CBr)c1c(F)ccc(F)c1[N+](=O)[O-]. The highest BCUT2D eigenvalue weighted by Crippen LogP contribution is 2.25. The van der Waals surface area contributed by atoms with E-state index in [0.29, 0.717) is 12.1 Å². The molecule has 0 spiro atoms. The van der Waals surface area contributed by atoms with Crippen LogP contribution in [0, 0.1) is 21.7 Å². The van der Waals surface area contributed by atoms with E-state index >= 15 is 0 Å². The molecule has 1 aromatic carbocycles. The number of ketones is 1. The Morgan fingerprint density at radius 3 is 2.40 bits per heavy atom. The molecule has 1 rings (SSSR count). The van der Waals surface area contributed by atoms with E-state index < -0.39 is 33.6 Å². The van der Waals surface area contributed by atoms with E-state index in [1.54, 1.807) is 0 Å². The van der Waals surface area contributed by atoms with Gasteiger partial charge in [0.15, 0.2) is 5.78 Å². The van der Waals surface area contributed by atoms with Crippen LogP contribution in [0.4, 0.5) is 14.5 Å². The lowest BCUT2D eigenvalue weighted by molar-refractivity contribution is -0.388. The smallest absolute Gasteiger partial charge is 0.293 e. The van der Waals surface area contributed by atoms with Crippen LogP contribution in [-0.4, -0.2) is 16.0 Å². The minimum Gasteiger partial charge on any atom is -0.293 e. The van der Waals surface area contributed by atoms with Gasteiger partial charge in [0.25, 0.3) is 0 Å². The zero-order chi connectivity index (χ0) is 11.6. The number of carbonyl (C=O) groups is 1. The number of carbonyl (C=O) groups excluding carboxylic acids is 1. The molecule has 0 saturated heterocycles. The van der Waals surface area contributed by atoms with Gasteiger partial charge in [0, 0.05) is 0 Å². The monoisotopic (exact) mass is 279 g/mol. The van der Waals surface area contributed by atoms with E-state index in [-0.39, 0.29) is 5.33 Å². The first-order valence-electron chi connectivity index (χ1n) is 3.70. The van der Waals surface area contributed by atoms with Crippen LogP contribution in [0.2, 0.25) is 0 Å². The first-order chi connectivity index (χ1) is 6.99. The number of alkyl halides is 1. The van der Waals surface area contributed by atoms with Crippen molar-refractivity contribution < 1.29 is 18.5 Å². The summed E-state index contributed by atoms with van der Waals surface area (Å²) in [6.45, 7) is 0. The number of Topliss-reactive ketones (excluding diaryl/α,β-unsaturated/α-hetero) is 1. The molecule has 4 nitrogen and oxygen atoms in total. The molecular formula is C8H4BrF2NO3. The second kappa shape index (κ2) is 4.43. The van der Waals surface area contributed by atoms with Crippen LogP contribution < -0.4 is 0 Å². The maximum Gasteiger partial charge on any atom is 0.318 e. The Hall–Kier alpha value is -1.37. The van der Waals surface area contributed by atoms with Crippen LogP contribution in [0.3, 0.4) is 0 Å². The molecule has 0 amide bonds. The second-order valence-electron chi connectivity index (χ2n) is 2.57. The van der Waals surface area contributed by atoms with E-state index in [0.717, 1.165) is 0 Å². The van der Waals surface area contributed by atoms with Gasteiger partial charge >= 0.3 is 5.69 Å². The zero-order valence-corrected chi connectivity index (χ0v) is 8.75. The molecule has 0 N–H and O–H groups in total. The van der Waals surface area contributed by atoms with Gasteiger partial charge in [0.2, 0.25) is 5.82 Å². The molecule has 0 fully saturated rings. The molecule has 0 aliphatic heterocycles. The lowest BCUT2D eigenvalue weighted by Crippen LogP contribution is -2.09. The molecule has 0 unspecified atom stereocenters. The van der Waals surface area contributed by atoms with Gasteiger partial charge in [0.05, 0.1) is 10.3 Å². The minimum atomic E-state index is -1.23. The molecule has 0 heterocycles. The quantitative estimate of drug-likeness (QED) is 0.370. The molecular weight excluding hydrogens is 276 g/mol. The molecule has 0 aliphatic carbocycles. The highest BCUT2D eigenvalue weighted by molar-refractivity contribution is 9.09. The first-order valence-corrected chi connectivity index (χ1v) is 4.82. The van der Waals surface area contributed by atoms with Gasteiger partial charge in [-0.05, 0) is 12.1 Å². The molecule has 0 saturated carbocycles. The number of nitrogens with zero attached hydrogens (tertiary/aromatic N) is 1. The maximum atomic E-state index is 13.1. The zero-order valence-electron chi connectivity index (χ0n) is 7.17. The number of halogens is 3. The Morgan fingerprint density at radius 1 is 1.40 bits per heavy atom. The highest BCUT2D eigenvalue weighted by atomic mass is 79.9. The molecule has 15 heavy (non-hydrogen) atoms. The summed E-state index contributed by atoms with van der Waals surface area (Å²) in [5, 5.41) is 10.1. The highest BCUT2D eigenvalue weighted by Gasteiger charge is 2.28. The summed E-state index contributed by atoms with van der Waals surface area (Å²) in [7, 11) is 0. The van der Waals surface area contributed by atoms with E-state index in [1.165, 1.54) is 0 Å². The van der Waals surface area contributed by atoms with Crippen molar-refractivity contribution in [2.45, 2.75) is 0 Å². The molecule has 0 bridgehead atoms. The van der Waals surface area contributed by atoms with Crippen LogP contribution in [0.1, 0.15) is 10.4 Å². The second-order valence-corrected chi connectivity index (χ2v) is 3.13. The molecule has 80 valence electrons. The summed E-state index contributed by atoms with van der Waals surface area (Å²) < 4.78 is 26.1. The van der Waals surface area contributed by atoms with Crippen molar-refractivity contribution in [3.63, 3.8) is 0 Å². The van der Waals surface area contributed by atoms with Gasteiger partial charge < -0.3 is 0 Å². The summed E-state index contributed by atoms with van der Waals surface area (Å²) in [6, 6.07) is 1.29. The van der Waals surface area contributed by atoms with Crippen molar-refractivity contribution in [1.82, 2.24) is 0 Å². The van der Waals surface area contributed by atoms with Crippen LogP contribution in [0.15, 0.2) is 12.1 Å². The summed E-state index contributed by atoms with van der Waals surface area (Å²) in [6.07, 6.45) is 0. The van der Waals surface area contributed by atoms with Gasteiger partial charge in [-0.2, -0.15) is 4.39 Å². The summed E-state index contributed by atoms with van der Waals surface area (Å²) in [5.41, 5.74) is -1.96. The molecule has 0 radical (unpaired) electrons. The Balaban J connectivity index is 3.52. The van der Waals surface area contributed by atoms with E-state index in [2.05, 4.69) is 15.9 Å². The average molecular weight is 280 g/mol. The van der Waals surface area contributed by atoms with Crippen molar-refractivity contribution in [3.8, 4) is 0 Å². The molecule has 0 atom stereocenters. The number of nitro benzene ring substituents is 1. The fraction of sp³-hybridized carbons (Fsp3) is 0.125. The van der Waals surface area contributed by atoms with Crippen LogP contribution >= 0.6 is 15.9 Å². The van der Waals surface area contributed by atoms with Gasteiger partial charge in [-0.25, -0.2) is 4.39 Å². The number of hydrogen-bond acceptors (Lipinski definition) is 3. The number of hydrogen-bond donors (Lipinski definition) is 0. The fourth-order valence-electron chi connectivity index (χ4n) is 1.05. The lowest BCUT2D eigenvalue weighted by atomic mass is 10.1. The van der Waals surface area contributed by atoms with Gasteiger partial charge in [-0.15, -0.1) is 0 Å². The Bertz CT molecular complexity index is 436. The van der Waals surface area contributed by atoms with E-state index in [4.69, 9.17) is 0 Å². The topological polar surface area (TPSA) is 60.2 Å². The van der Waals surface area contributed by atoms with Crippen molar-refractivity contribution in [2.24, 2.45) is 0 Å². The largest absolute Gasteiger partial charge is 0.318 e. The Morgan fingerprint density at radius 2 is 1.93 bits per heavy atom. The Labute approximate surface area is 91.2 Å². The lowest BCUT2D eigenvalue weighted by Gasteiger charge is -2.02. The summed E-state index contributed by atoms with van der Waals surface area (Å²) >= 11 is 2.73. The first kappa shape index (κ1) is 11.7. The van der Waals surface area contributed by atoms with Crippen molar-refractivity contribution in [2.75, 3.05) is 5.33 Å². The predicted molar refractivity (Wildman–Crippen MR) is 51.1 cm³/mol. The number of rotatable bonds is 3. The third-order valence-electron chi connectivity index (χ3n) is 1.66. The molecule has 0 aromatic heterocycles. The minimum absolute atomic E-state index is 0.311. The molecule has 7 heteroatoms. The maximum absolute atomic E-state index is 13.1. The van der Waals surface area contributed by atoms with E-state index in [1.807, 2.05) is 0 Å². The Kier molecular flexibility index (Phi) is 3.46. The molecule has 1 aromatic rings. The normalized spacial score (nSPS) is 10.1. The third kappa shape index (κ3) is 2.17. The average Bonchev–Trinajstić information content (AvgIpc) is 2.19. The third-order valence-corrected chi connectivity index (χ3v) is 2.17. The van der Waals surface area contributed by atoms with Crippen molar-refractivity contribution >= 4 is 27.4 Å². The summed E-state index contributed by atoms with van der Waals surface area (Å²) in [5.74, 6) is -3.21. The standard InChI is InChI=1S/C8H4BrF2NO3/c9-3-6(13)7-4(10)1-2-5(11)8(7)12(14)15/h1-2H,3H2. The van der Waals surface area contributed by atoms with Gasteiger partial charge in [-0.1, -0.05) is 15.9 Å². The molecule has 0 aliphatic rings. The van der Waals surface area contributed by atoms with E-state index in [9.17, 15) is 23.7 Å². The van der Waals surface area contributed by atoms with Gasteiger partial charge in [-0.3, -0.25) is 14.9 Å². The number of benzene rings is 1. The van der Waals surface area contributed by atoms with Crippen LogP contribution in [0.25, 0.3) is 0 Å². The predicted octanol–water partition coefficient (Wildman–Crippen LogP) is 2.45.